The van der Waals surface area contributed by atoms with Crippen LogP contribution in [0.2, 0.25) is 0 Å². The first-order valence-corrected chi connectivity index (χ1v) is 8.47. The molecule has 24 heavy (non-hydrogen) atoms. The van der Waals surface area contributed by atoms with Gasteiger partial charge in [0.05, 0.1) is 12.7 Å². The number of halogens is 1. The maximum Gasteiger partial charge on any atom is 0.338 e. The highest BCUT2D eigenvalue weighted by molar-refractivity contribution is 9.10. The molecule has 126 valence electrons. The van der Waals surface area contributed by atoms with E-state index < -0.39 is 6.10 Å². The van der Waals surface area contributed by atoms with Crippen molar-refractivity contribution < 1.29 is 19.1 Å². The summed E-state index contributed by atoms with van der Waals surface area (Å²) in [5, 5.41) is 0. The predicted molar refractivity (Wildman–Crippen MR) is 94.6 cm³/mol. The summed E-state index contributed by atoms with van der Waals surface area (Å²) in [6.45, 7) is 0. The summed E-state index contributed by atoms with van der Waals surface area (Å²) in [5.74, 6) is -0.643. The summed E-state index contributed by atoms with van der Waals surface area (Å²) in [4.78, 5) is 23.6. The molecule has 1 atom stereocenters. The molecule has 0 saturated heterocycles. The van der Waals surface area contributed by atoms with Crippen LogP contribution in [0, 0.1) is 0 Å². The zero-order valence-electron chi connectivity index (χ0n) is 13.4. The topological polar surface area (TPSA) is 52.6 Å². The summed E-state index contributed by atoms with van der Waals surface area (Å²) >= 11 is 3.34. The van der Waals surface area contributed by atoms with E-state index in [1.54, 1.807) is 24.3 Å². The van der Waals surface area contributed by atoms with Crippen LogP contribution < -0.4 is 0 Å². The van der Waals surface area contributed by atoms with Crippen LogP contribution in [0.15, 0.2) is 59.1 Å². The van der Waals surface area contributed by atoms with Gasteiger partial charge < -0.3 is 9.47 Å². The Bertz CT molecular complexity index is 668. The highest BCUT2D eigenvalue weighted by atomic mass is 79.9. The Morgan fingerprint density at radius 2 is 1.71 bits per heavy atom. The Labute approximate surface area is 149 Å². The monoisotopic (exact) mass is 390 g/mol. The van der Waals surface area contributed by atoms with Gasteiger partial charge in [0.1, 0.15) is 6.10 Å². The van der Waals surface area contributed by atoms with Gasteiger partial charge in [-0.15, -0.1) is 0 Å². The minimum absolute atomic E-state index is 0.263. The van der Waals surface area contributed by atoms with Crippen molar-refractivity contribution in [3.8, 4) is 0 Å². The number of esters is 2. The van der Waals surface area contributed by atoms with Crippen LogP contribution >= 0.6 is 15.9 Å². The Kier molecular flexibility index (Phi) is 7.00. The average Bonchev–Trinajstić information content (AvgIpc) is 2.61. The fourth-order valence-electron chi connectivity index (χ4n) is 2.28. The number of carbonyl (C=O) groups is 2. The van der Waals surface area contributed by atoms with Crippen molar-refractivity contribution in [1.29, 1.82) is 0 Å². The molecule has 0 unspecified atom stereocenters. The van der Waals surface area contributed by atoms with Crippen molar-refractivity contribution in [3.63, 3.8) is 0 Å². The summed E-state index contributed by atoms with van der Waals surface area (Å²) in [5.41, 5.74) is 1.40. The molecule has 0 aromatic heterocycles. The third-order valence-corrected chi connectivity index (χ3v) is 4.10. The van der Waals surface area contributed by atoms with Crippen LogP contribution in [-0.4, -0.2) is 19.0 Å². The van der Waals surface area contributed by atoms with E-state index in [0.29, 0.717) is 24.8 Å². The molecule has 0 N–H and O–H groups in total. The van der Waals surface area contributed by atoms with Gasteiger partial charge in [0.15, 0.2) is 0 Å². The minimum atomic E-state index is -0.396. The molecule has 4 nitrogen and oxygen atoms in total. The number of carbonyl (C=O) groups excluding carboxylic acids is 2. The van der Waals surface area contributed by atoms with E-state index in [2.05, 4.69) is 20.7 Å². The molecule has 2 rings (SSSR count). The molecule has 0 aliphatic rings. The number of benzene rings is 2. The first-order chi connectivity index (χ1) is 11.6. The van der Waals surface area contributed by atoms with Gasteiger partial charge in [-0.2, -0.15) is 0 Å². The summed E-state index contributed by atoms with van der Waals surface area (Å²) < 4.78 is 11.2. The van der Waals surface area contributed by atoms with Crippen molar-refractivity contribution in [2.75, 3.05) is 7.11 Å². The quantitative estimate of drug-likeness (QED) is 0.643. The molecule has 0 radical (unpaired) electrons. The van der Waals surface area contributed by atoms with Crippen LogP contribution in [-0.2, 0) is 14.3 Å². The average molecular weight is 391 g/mol. The molecular formula is C19H19BrO4. The standard InChI is InChI=1S/C19H19BrO4/c1-23-18(21)9-5-8-17(14-6-3-2-4-7-14)24-19(22)15-10-12-16(20)13-11-15/h2-4,6-7,10-13,17H,5,8-9H2,1H3/t17-/m1/s1. The second-order valence-corrected chi connectivity index (χ2v) is 6.20. The highest BCUT2D eigenvalue weighted by Gasteiger charge is 2.18. The van der Waals surface area contributed by atoms with Crippen LogP contribution in [0.3, 0.4) is 0 Å². The zero-order chi connectivity index (χ0) is 17.4. The Morgan fingerprint density at radius 3 is 2.33 bits per heavy atom. The van der Waals surface area contributed by atoms with Crippen LogP contribution in [0.25, 0.3) is 0 Å². The zero-order valence-corrected chi connectivity index (χ0v) is 15.0. The number of hydrogen-bond donors (Lipinski definition) is 0. The molecule has 5 heteroatoms. The van der Waals surface area contributed by atoms with E-state index in [0.717, 1.165) is 10.0 Å². The molecular weight excluding hydrogens is 372 g/mol. The molecule has 2 aromatic carbocycles. The fourth-order valence-corrected chi connectivity index (χ4v) is 2.54. The molecule has 0 amide bonds. The molecule has 0 saturated carbocycles. The summed E-state index contributed by atoms with van der Waals surface area (Å²) in [6, 6.07) is 16.6. The van der Waals surface area contributed by atoms with Crippen LogP contribution in [0.4, 0.5) is 0 Å². The first-order valence-electron chi connectivity index (χ1n) is 7.68. The van der Waals surface area contributed by atoms with Gasteiger partial charge in [-0.1, -0.05) is 46.3 Å². The smallest absolute Gasteiger partial charge is 0.338 e. The van der Waals surface area contributed by atoms with E-state index in [1.165, 1.54) is 7.11 Å². The van der Waals surface area contributed by atoms with Crippen LogP contribution in [0.5, 0.6) is 0 Å². The lowest BCUT2D eigenvalue weighted by molar-refractivity contribution is -0.140. The van der Waals surface area contributed by atoms with E-state index >= 15 is 0 Å². The first kappa shape index (κ1) is 18.2. The van der Waals surface area contributed by atoms with Crippen molar-refractivity contribution in [3.05, 3.63) is 70.2 Å². The highest BCUT2D eigenvalue weighted by Crippen LogP contribution is 2.25. The van der Waals surface area contributed by atoms with Gasteiger partial charge in [0.25, 0.3) is 0 Å². The fraction of sp³-hybridized carbons (Fsp3) is 0.263. The molecule has 0 bridgehead atoms. The van der Waals surface area contributed by atoms with Gasteiger partial charge >= 0.3 is 11.9 Å². The SMILES string of the molecule is COC(=O)CCC[C@@H](OC(=O)c1ccc(Br)cc1)c1ccccc1. The number of ether oxygens (including phenoxy) is 2. The van der Waals surface area contributed by atoms with E-state index in [1.807, 2.05) is 30.3 Å². The molecule has 0 aliphatic heterocycles. The molecule has 0 spiro atoms. The van der Waals surface area contributed by atoms with Crippen molar-refractivity contribution >= 4 is 27.9 Å². The molecule has 0 heterocycles. The third-order valence-electron chi connectivity index (χ3n) is 3.58. The van der Waals surface area contributed by atoms with Gasteiger partial charge in [0.2, 0.25) is 0 Å². The Morgan fingerprint density at radius 1 is 1.04 bits per heavy atom. The number of rotatable bonds is 7. The van der Waals surface area contributed by atoms with Gasteiger partial charge in [-0.3, -0.25) is 4.79 Å². The van der Waals surface area contributed by atoms with Gasteiger partial charge in [0, 0.05) is 10.9 Å². The second-order valence-electron chi connectivity index (χ2n) is 5.28. The van der Waals surface area contributed by atoms with Crippen molar-refractivity contribution in [1.82, 2.24) is 0 Å². The lowest BCUT2D eigenvalue weighted by Gasteiger charge is -2.18. The van der Waals surface area contributed by atoms with Gasteiger partial charge in [-0.05, 0) is 42.7 Å². The lowest BCUT2D eigenvalue weighted by Crippen LogP contribution is -2.12. The maximum absolute atomic E-state index is 12.4. The number of methoxy groups -OCH3 is 1. The molecule has 2 aromatic rings. The summed E-state index contributed by atoms with van der Waals surface area (Å²) in [7, 11) is 1.37. The van der Waals surface area contributed by atoms with Crippen molar-refractivity contribution in [2.24, 2.45) is 0 Å². The second kappa shape index (κ2) is 9.23. The predicted octanol–water partition coefficient (Wildman–Crippen LogP) is 4.69. The van der Waals surface area contributed by atoms with E-state index in [-0.39, 0.29) is 11.9 Å². The molecule has 0 fully saturated rings. The largest absolute Gasteiger partial charge is 0.469 e. The Hall–Kier alpha value is -2.14. The van der Waals surface area contributed by atoms with Crippen molar-refractivity contribution in [2.45, 2.75) is 25.4 Å². The maximum atomic E-state index is 12.4. The van der Waals surface area contributed by atoms with Gasteiger partial charge in [-0.25, -0.2) is 4.79 Å². The number of hydrogen-bond acceptors (Lipinski definition) is 4. The minimum Gasteiger partial charge on any atom is -0.469 e. The van der Waals surface area contributed by atoms with E-state index in [9.17, 15) is 9.59 Å². The summed E-state index contributed by atoms with van der Waals surface area (Å²) in [6.07, 6.45) is 1.05. The molecule has 0 aliphatic carbocycles. The lowest BCUT2D eigenvalue weighted by atomic mass is 10.0. The normalized spacial score (nSPS) is 11.6. The van der Waals surface area contributed by atoms with Crippen LogP contribution in [0.1, 0.15) is 41.3 Å². The van der Waals surface area contributed by atoms with E-state index in [4.69, 9.17) is 4.74 Å². The Balaban J connectivity index is 2.06. The third kappa shape index (κ3) is 5.49.